The number of aliphatic hydroxyl groups is 1. The second-order valence-corrected chi connectivity index (χ2v) is 5.17. The van der Waals surface area contributed by atoms with E-state index >= 15 is 0 Å². The molecular formula is C18H24O2. The summed E-state index contributed by atoms with van der Waals surface area (Å²) in [6.45, 7) is 6.21. The number of carbonyl (C=O) groups is 1. The van der Waals surface area contributed by atoms with E-state index in [1.807, 2.05) is 36.4 Å². The van der Waals surface area contributed by atoms with Crippen LogP contribution in [0.1, 0.15) is 31.7 Å². The summed E-state index contributed by atoms with van der Waals surface area (Å²) in [5.41, 5.74) is 3.40. The maximum absolute atomic E-state index is 10.3. The van der Waals surface area contributed by atoms with Crippen molar-refractivity contribution in [1.82, 2.24) is 0 Å². The SMILES string of the molecule is C=C(C)C1CC=C(C=O)CC1.OCCc1ccccc1. The average Bonchev–Trinajstić information content (AvgIpc) is 2.49. The standard InChI is InChI=1S/C10H14O.C8H10O/c1-8(2)10-5-3-9(7-11)4-6-10;9-7-6-8-4-2-1-3-5-8/h3,7,10H,1,4-6H2,2H3;1-5,9H,6-7H2. The van der Waals surface area contributed by atoms with Gasteiger partial charge in [-0.25, -0.2) is 0 Å². The highest BCUT2D eigenvalue weighted by molar-refractivity contribution is 5.73. The van der Waals surface area contributed by atoms with Crippen LogP contribution in [0.25, 0.3) is 0 Å². The minimum absolute atomic E-state index is 0.240. The molecule has 0 amide bonds. The monoisotopic (exact) mass is 272 g/mol. The maximum Gasteiger partial charge on any atom is 0.145 e. The van der Waals surface area contributed by atoms with Crippen molar-refractivity contribution in [1.29, 1.82) is 0 Å². The first kappa shape index (κ1) is 16.4. The highest BCUT2D eigenvalue weighted by Gasteiger charge is 2.13. The fourth-order valence-electron chi connectivity index (χ4n) is 2.18. The fraction of sp³-hybridized carbons (Fsp3) is 0.389. The van der Waals surface area contributed by atoms with Crippen molar-refractivity contribution in [2.45, 2.75) is 32.6 Å². The molecule has 1 aromatic rings. The van der Waals surface area contributed by atoms with Gasteiger partial charge in [-0.3, -0.25) is 4.79 Å². The molecule has 2 nitrogen and oxygen atoms in total. The molecule has 0 heterocycles. The lowest BCUT2D eigenvalue weighted by Crippen LogP contribution is -2.06. The van der Waals surface area contributed by atoms with Crippen LogP contribution in [0.15, 0.2) is 54.1 Å². The summed E-state index contributed by atoms with van der Waals surface area (Å²) >= 11 is 0. The van der Waals surface area contributed by atoms with E-state index in [1.165, 1.54) is 11.1 Å². The zero-order valence-electron chi connectivity index (χ0n) is 12.2. The number of rotatable bonds is 4. The molecule has 20 heavy (non-hydrogen) atoms. The Bertz CT molecular complexity index is 446. The van der Waals surface area contributed by atoms with Crippen LogP contribution >= 0.6 is 0 Å². The first-order valence-corrected chi connectivity index (χ1v) is 7.11. The van der Waals surface area contributed by atoms with Crippen LogP contribution in [0.3, 0.4) is 0 Å². The molecule has 0 bridgehead atoms. The molecule has 1 N–H and O–H groups in total. The van der Waals surface area contributed by atoms with E-state index in [2.05, 4.69) is 13.5 Å². The van der Waals surface area contributed by atoms with Crippen molar-refractivity contribution in [2.24, 2.45) is 5.92 Å². The Balaban J connectivity index is 0.000000204. The number of aldehydes is 1. The van der Waals surface area contributed by atoms with Crippen LogP contribution in [0.5, 0.6) is 0 Å². The quantitative estimate of drug-likeness (QED) is 0.670. The molecule has 1 aliphatic rings. The molecule has 0 saturated heterocycles. The summed E-state index contributed by atoms with van der Waals surface area (Å²) in [7, 11) is 0. The van der Waals surface area contributed by atoms with E-state index in [4.69, 9.17) is 5.11 Å². The number of carbonyl (C=O) groups excluding carboxylic acids is 1. The van der Waals surface area contributed by atoms with Gasteiger partial charge in [0, 0.05) is 6.61 Å². The second-order valence-electron chi connectivity index (χ2n) is 5.17. The number of benzene rings is 1. The van der Waals surface area contributed by atoms with Crippen molar-refractivity contribution < 1.29 is 9.90 Å². The predicted molar refractivity (Wildman–Crippen MR) is 83.5 cm³/mol. The fourth-order valence-corrected chi connectivity index (χ4v) is 2.18. The summed E-state index contributed by atoms with van der Waals surface area (Å²) in [6.07, 6.45) is 6.80. The van der Waals surface area contributed by atoms with Crippen molar-refractivity contribution in [3.8, 4) is 0 Å². The zero-order chi connectivity index (χ0) is 14.8. The summed E-state index contributed by atoms with van der Waals surface area (Å²) in [4.78, 5) is 10.3. The summed E-state index contributed by atoms with van der Waals surface area (Å²) < 4.78 is 0. The molecule has 1 aromatic carbocycles. The van der Waals surface area contributed by atoms with Crippen LogP contribution < -0.4 is 0 Å². The van der Waals surface area contributed by atoms with Crippen LogP contribution in [-0.4, -0.2) is 18.0 Å². The van der Waals surface area contributed by atoms with Gasteiger partial charge in [0.1, 0.15) is 6.29 Å². The third-order valence-electron chi connectivity index (χ3n) is 3.54. The Labute approximate surface area is 121 Å². The molecule has 1 unspecified atom stereocenters. The van der Waals surface area contributed by atoms with Crippen LogP contribution in [0.2, 0.25) is 0 Å². The molecule has 0 fully saturated rings. The van der Waals surface area contributed by atoms with E-state index in [1.54, 1.807) is 0 Å². The van der Waals surface area contributed by atoms with Crippen LogP contribution in [0.4, 0.5) is 0 Å². The van der Waals surface area contributed by atoms with Gasteiger partial charge in [0.15, 0.2) is 0 Å². The van der Waals surface area contributed by atoms with Gasteiger partial charge in [0.05, 0.1) is 0 Å². The van der Waals surface area contributed by atoms with Gasteiger partial charge < -0.3 is 5.11 Å². The minimum Gasteiger partial charge on any atom is -0.396 e. The molecule has 108 valence electrons. The molecule has 1 aliphatic carbocycles. The van der Waals surface area contributed by atoms with Crippen LogP contribution in [-0.2, 0) is 11.2 Å². The Kier molecular flexibility index (Phi) is 7.59. The highest BCUT2D eigenvalue weighted by Crippen LogP contribution is 2.26. The van der Waals surface area contributed by atoms with Gasteiger partial charge in [0.25, 0.3) is 0 Å². The lowest BCUT2D eigenvalue weighted by atomic mass is 9.86. The number of allylic oxidation sites excluding steroid dienone is 3. The third-order valence-corrected chi connectivity index (χ3v) is 3.54. The summed E-state index contributed by atoms with van der Waals surface area (Å²) in [5, 5.41) is 8.52. The highest BCUT2D eigenvalue weighted by atomic mass is 16.2. The smallest absolute Gasteiger partial charge is 0.145 e. The molecule has 2 heteroatoms. The molecule has 0 saturated carbocycles. The summed E-state index contributed by atoms with van der Waals surface area (Å²) in [6, 6.07) is 9.95. The Morgan fingerprint density at radius 1 is 1.40 bits per heavy atom. The van der Waals surface area contributed by atoms with Crippen molar-refractivity contribution in [3.05, 3.63) is 59.7 Å². The lowest BCUT2D eigenvalue weighted by Gasteiger charge is -2.19. The zero-order valence-corrected chi connectivity index (χ0v) is 12.2. The van der Waals surface area contributed by atoms with E-state index < -0.39 is 0 Å². The number of hydrogen-bond acceptors (Lipinski definition) is 2. The second kappa shape index (κ2) is 9.27. The van der Waals surface area contributed by atoms with Crippen molar-refractivity contribution in [2.75, 3.05) is 6.61 Å². The van der Waals surface area contributed by atoms with Gasteiger partial charge in [-0.05, 0) is 49.7 Å². The topological polar surface area (TPSA) is 37.3 Å². The molecular weight excluding hydrogens is 248 g/mol. The normalized spacial score (nSPS) is 17.5. The molecule has 0 aliphatic heterocycles. The molecule has 2 rings (SSSR count). The van der Waals surface area contributed by atoms with Gasteiger partial charge in [-0.15, -0.1) is 0 Å². The molecule has 0 spiro atoms. The van der Waals surface area contributed by atoms with Gasteiger partial charge in [0.2, 0.25) is 0 Å². The summed E-state index contributed by atoms with van der Waals surface area (Å²) in [5.74, 6) is 0.610. The molecule has 0 aromatic heterocycles. The molecule has 1 atom stereocenters. The Hall–Kier alpha value is -1.67. The average molecular weight is 272 g/mol. The Morgan fingerprint density at radius 3 is 2.55 bits per heavy atom. The lowest BCUT2D eigenvalue weighted by molar-refractivity contribution is -0.105. The van der Waals surface area contributed by atoms with E-state index in [-0.39, 0.29) is 6.61 Å². The predicted octanol–water partition coefficient (Wildman–Crippen LogP) is 3.71. The molecule has 0 radical (unpaired) electrons. The van der Waals surface area contributed by atoms with Crippen molar-refractivity contribution in [3.63, 3.8) is 0 Å². The first-order valence-electron chi connectivity index (χ1n) is 7.11. The number of hydrogen-bond donors (Lipinski definition) is 1. The Morgan fingerprint density at radius 2 is 2.10 bits per heavy atom. The van der Waals surface area contributed by atoms with Gasteiger partial charge in [-0.2, -0.15) is 0 Å². The van der Waals surface area contributed by atoms with E-state index in [0.29, 0.717) is 5.92 Å². The largest absolute Gasteiger partial charge is 0.396 e. The van der Waals surface area contributed by atoms with Gasteiger partial charge >= 0.3 is 0 Å². The van der Waals surface area contributed by atoms with E-state index in [0.717, 1.165) is 37.5 Å². The van der Waals surface area contributed by atoms with E-state index in [9.17, 15) is 4.79 Å². The first-order chi connectivity index (χ1) is 9.67. The minimum atomic E-state index is 0.240. The van der Waals surface area contributed by atoms with Gasteiger partial charge in [-0.1, -0.05) is 48.6 Å². The van der Waals surface area contributed by atoms with Crippen LogP contribution in [0, 0.1) is 5.92 Å². The maximum atomic E-state index is 10.3. The third kappa shape index (κ3) is 5.98. The van der Waals surface area contributed by atoms with Crippen molar-refractivity contribution >= 4 is 6.29 Å². The number of aliphatic hydroxyl groups excluding tert-OH is 1.